The zero-order valence-corrected chi connectivity index (χ0v) is 15.7. The number of carboxylic acids is 1. The first-order valence-corrected chi connectivity index (χ1v) is 10.1. The van der Waals surface area contributed by atoms with E-state index in [9.17, 15) is 4.79 Å². The minimum absolute atomic E-state index is 0.332. The van der Waals surface area contributed by atoms with E-state index in [2.05, 4.69) is 26.0 Å². The molecule has 0 aliphatic rings. The number of hydrogen-bond donors (Lipinski definition) is 1. The highest BCUT2D eigenvalue weighted by atomic mass is 16.4. The molecule has 0 rings (SSSR count). The van der Waals surface area contributed by atoms with E-state index in [1.807, 2.05) is 0 Å². The quantitative estimate of drug-likeness (QED) is 0.228. The molecule has 0 bridgehead atoms. The van der Waals surface area contributed by atoms with Gasteiger partial charge in [0.25, 0.3) is 0 Å². The molecule has 0 amide bonds. The smallest absolute Gasteiger partial charge is 0.303 e. The number of rotatable bonds is 17. The molecule has 0 heterocycles. The fraction of sp³-hybridized carbons (Fsp3) is 0.857. The molecule has 1 unspecified atom stereocenters. The van der Waals surface area contributed by atoms with E-state index in [0.717, 1.165) is 18.8 Å². The van der Waals surface area contributed by atoms with Crippen molar-refractivity contribution in [3.63, 3.8) is 0 Å². The Labute approximate surface area is 144 Å². The van der Waals surface area contributed by atoms with Crippen LogP contribution in [-0.2, 0) is 4.79 Å². The maximum Gasteiger partial charge on any atom is 0.303 e. The van der Waals surface area contributed by atoms with Gasteiger partial charge >= 0.3 is 5.97 Å². The number of aliphatic carboxylic acids is 1. The van der Waals surface area contributed by atoms with Gasteiger partial charge in [0.1, 0.15) is 0 Å². The number of hydrogen-bond acceptors (Lipinski definition) is 1. The van der Waals surface area contributed by atoms with Crippen molar-refractivity contribution in [3.8, 4) is 0 Å². The van der Waals surface area contributed by atoms with Crippen LogP contribution in [0.15, 0.2) is 12.2 Å². The molecule has 0 saturated carbocycles. The molecule has 1 N–H and O–H groups in total. The van der Waals surface area contributed by atoms with E-state index < -0.39 is 5.97 Å². The molecule has 2 heteroatoms. The summed E-state index contributed by atoms with van der Waals surface area (Å²) in [5.74, 6) is 0.147. The Morgan fingerprint density at radius 3 is 2.09 bits per heavy atom. The normalized spacial score (nSPS) is 12.8. The van der Waals surface area contributed by atoms with Gasteiger partial charge in [0, 0.05) is 6.42 Å². The van der Waals surface area contributed by atoms with Crippen molar-refractivity contribution < 1.29 is 9.90 Å². The summed E-state index contributed by atoms with van der Waals surface area (Å²) in [6.07, 6.45) is 22.6. The molecule has 0 fully saturated rings. The van der Waals surface area contributed by atoms with Crippen LogP contribution in [0, 0.1) is 5.92 Å². The van der Waals surface area contributed by atoms with Crippen LogP contribution < -0.4 is 0 Å². The zero-order chi connectivity index (χ0) is 17.2. The van der Waals surface area contributed by atoms with Gasteiger partial charge in [-0.3, -0.25) is 4.79 Å². The third-order valence-electron chi connectivity index (χ3n) is 4.58. The number of unbranched alkanes of at least 4 members (excludes halogenated alkanes) is 8. The van der Waals surface area contributed by atoms with E-state index in [0.29, 0.717) is 6.42 Å². The Kier molecular flexibility index (Phi) is 17.0. The molecule has 136 valence electrons. The predicted octanol–water partition coefficient (Wildman–Crippen LogP) is 7.13. The van der Waals surface area contributed by atoms with Crippen LogP contribution >= 0.6 is 0 Å². The summed E-state index contributed by atoms with van der Waals surface area (Å²) in [4.78, 5) is 10.5. The fourth-order valence-corrected chi connectivity index (χ4v) is 3.04. The van der Waals surface area contributed by atoms with E-state index in [-0.39, 0.29) is 0 Å². The summed E-state index contributed by atoms with van der Waals surface area (Å²) in [5.41, 5.74) is 0. The largest absolute Gasteiger partial charge is 0.481 e. The van der Waals surface area contributed by atoms with Crippen LogP contribution in [0.2, 0.25) is 0 Å². The van der Waals surface area contributed by atoms with Crippen LogP contribution in [0.25, 0.3) is 0 Å². The molecule has 23 heavy (non-hydrogen) atoms. The highest BCUT2D eigenvalue weighted by molar-refractivity contribution is 5.66. The lowest BCUT2D eigenvalue weighted by Crippen LogP contribution is -2.00. The second-order valence-corrected chi connectivity index (χ2v) is 6.91. The van der Waals surface area contributed by atoms with Crippen molar-refractivity contribution in [2.75, 3.05) is 0 Å². The summed E-state index contributed by atoms with van der Waals surface area (Å²) in [6.45, 7) is 4.52. The number of allylic oxidation sites excluding steroid dienone is 2. The molecule has 1 atom stereocenters. The Morgan fingerprint density at radius 1 is 0.826 bits per heavy atom. The Balaban J connectivity index is 3.84. The summed E-state index contributed by atoms with van der Waals surface area (Å²) < 4.78 is 0. The first kappa shape index (κ1) is 22.2. The average molecular weight is 325 g/mol. The third-order valence-corrected chi connectivity index (χ3v) is 4.58. The van der Waals surface area contributed by atoms with Crippen molar-refractivity contribution in [2.24, 2.45) is 5.92 Å². The lowest BCUT2D eigenvalue weighted by atomic mass is 9.91. The topological polar surface area (TPSA) is 37.3 Å². The molecule has 0 spiro atoms. The highest BCUT2D eigenvalue weighted by Crippen LogP contribution is 2.22. The second-order valence-electron chi connectivity index (χ2n) is 6.91. The molecular weight excluding hydrogens is 284 g/mol. The first-order valence-electron chi connectivity index (χ1n) is 10.1. The Bertz CT molecular complexity index is 284. The minimum Gasteiger partial charge on any atom is -0.481 e. The number of carbonyl (C=O) groups is 1. The Hall–Kier alpha value is -0.790. The van der Waals surface area contributed by atoms with E-state index in [4.69, 9.17) is 5.11 Å². The summed E-state index contributed by atoms with van der Waals surface area (Å²) in [6, 6.07) is 0. The van der Waals surface area contributed by atoms with Crippen LogP contribution in [0.5, 0.6) is 0 Å². The second kappa shape index (κ2) is 17.6. The van der Waals surface area contributed by atoms with Gasteiger partial charge in [-0.1, -0.05) is 90.2 Å². The van der Waals surface area contributed by atoms with E-state index >= 15 is 0 Å². The molecule has 0 aromatic rings. The number of carboxylic acid groups (broad SMARTS) is 1. The SMILES string of the molecule is CCCCCCC=CCC(CCCCC)CCCCCC(=O)O. The summed E-state index contributed by atoms with van der Waals surface area (Å²) in [5, 5.41) is 8.68. The van der Waals surface area contributed by atoms with Gasteiger partial charge in [0.2, 0.25) is 0 Å². The van der Waals surface area contributed by atoms with E-state index in [1.54, 1.807) is 0 Å². The molecule has 0 aliphatic heterocycles. The van der Waals surface area contributed by atoms with Gasteiger partial charge < -0.3 is 5.11 Å². The third kappa shape index (κ3) is 17.4. The molecular formula is C21H40O2. The molecule has 0 aliphatic carbocycles. The fourth-order valence-electron chi connectivity index (χ4n) is 3.04. The Morgan fingerprint density at radius 2 is 1.43 bits per heavy atom. The molecule has 0 saturated heterocycles. The molecule has 0 aromatic heterocycles. The standard InChI is InChI=1S/C21H40O2/c1-3-5-7-8-9-10-13-17-20(16-12-6-4-2)18-14-11-15-19-21(22)23/h10,13,20H,3-9,11-12,14-19H2,1-2H3,(H,22,23). The average Bonchev–Trinajstić information content (AvgIpc) is 2.53. The van der Waals surface area contributed by atoms with Crippen molar-refractivity contribution in [2.45, 2.75) is 110 Å². The van der Waals surface area contributed by atoms with Crippen molar-refractivity contribution in [3.05, 3.63) is 12.2 Å². The summed E-state index contributed by atoms with van der Waals surface area (Å²) in [7, 11) is 0. The first-order chi connectivity index (χ1) is 11.2. The van der Waals surface area contributed by atoms with Crippen LogP contribution in [0.3, 0.4) is 0 Å². The van der Waals surface area contributed by atoms with Crippen LogP contribution in [0.4, 0.5) is 0 Å². The molecule has 0 aromatic carbocycles. The van der Waals surface area contributed by atoms with Crippen molar-refractivity contribution in [1.82, 2.24) is 0 Å². The van der Waals surface area contributed by atoms with Gasteiger partial charge in [0.05, 0.1) is 0 Å². The minimum atomic E-state index is -0.657. The predicted molar refractivity (Wildman–Crippen MR) is 101 cm³/mol. The van der Waals surface area contributed by atoms with Gasteiger partial charge in [-0.05, 0) is 31.6 Å². The zero-order valence-electron chi connectivity index (χ0n) is 15.7. The van der Waals surface area contributed by atoms with Crippen LogP contribution in [-0.4, -0.2) is 11.1 Å². The van der Waals surface area contributed by atoms with Crippen LogP contribution in [0.1, 0.15) is 110 Å². The maximum absolute atomic E-state index is 10.5. The van der Waals surface area contributed by atoms with Crippen molar-refractivity contribution in [1.29, 1.82) is 0 Å². The van der Waals surface area contributed by atoms with Gasteiger partial charge in [-0.15, -0.1) is 0 Å². The highest BCUT2D eigenvalue weighted by Gasteiger charge is 2.07. The molecule has 2 nitrogen and oxygen atoms in total. The van der Waals surface area contributed by atoms with Crippen molar-refractivity contribution >= 4 is 5.97 Å². The van der Waals surface area contributed by atoms with Gasteiger partial charge in [0.15, 0.2) is 0 Å². The monoisotopic (exact) mass is 324 g/mol. The van der Waals surface area contributed by atoms with Gasteiger partial charge in [-0.25, -0.2) is 0 Å². The summed E-state index contributed by atoms with van der Waals surface area (Å²) >= 11 is 0. The molecule has 0 radical (unpaired) electrons. The van der Waals surface area contributed by atoms with Gasteiger partial charge in [-0.2, -0.15) is 0 Å². The van der Waals surface area contributed by atoms with E-state index in [1.165, 1.54) is 77.0 Å². The lowest BCUT2D eigenvalue weighted by Gasteiger charge is -2.14. The lowest BCUT2D eigenvalue weighted by molar-refractivity contribution is -0.137. The maximum atomic E-state index is 10.5.